The van der Waals surface area contributed by atoms with E-state index in [1.807, 2.05) is 0 Å². The van der Waals surface area contributed by atoms with E-state index in [1.165, 1.54) is 0 Å². The molecule has 0 aromatic heterocycles. The number of rotatable bonds is 10. The van der Waals surface area contributed by atoms with Gasteiger partial charge in [-0.3, -0.25) is 0 Å². The van der Waals surface area contributed by atoms with Crippen molar-refractivity contribution >= 4 is 15.1 Å². The first kappa shape index (κ1) is 17.8. The zero-order valence-electron chi connectivity index (χ0n) is 12.6. The van der Waals surface area contributed by atoms with Crippen molar-refractivity contribution in [2.24, 2.45) is 5.92 Å². The van der Waals surface area contributed by atoms with Gasteiger partial charge in [0, 0.05) is 32.8 Å². The largest absolute Gasteiger partial charge is 0.506 e. The molecular weight excluding hydrogens is 248 g/mol. The molecule has 18 heavy (non-hydrogen) atoms. The van der Waals surface area contributed by atoms with Gasteiger partial charge in [-0.25, -0.2) is 0 Å². The van der Waals surface area contributed by atoms with Crippen LogP contribution in [0.15, 0.2) is 0 Å². The molecule has 0 aromatic rings. The zero-order chi connectivity index (χ0) is 14.2. The summed E-state index contributed by atoms with van der Waals surface area (Å²) in [6.45, 7) is 6.36. The molecule has 0 fully saturated rings. The van der Waals surface area contributed by atoms with E-state index in [4.69, 9.17) is 13.3 Å². The van der Waals surface area contributed by atoms with Crippen LogP contribution in [0.3, 0.4) is 0 Å². The maximum atomic E-state index is 10.4. The Bertz CT molecular complexity index is 231. The minimum atomic E-state index is -2.61. The molecule has 4 nitrogen and oxygen atoms in total. The Morgan fingerprint density at radius 2 is 1.67 bits per heavy atom. The summed E-state index contributed by atoms with van der Waals surface area (Å²) in [5.41, 5.74) is 0. The molecule has 0 aliphatic heterocycles. The number of aldehydes is 1. The third-order valence-corrected chi connectivity index (χ3v) is 7.15. The van der Waals surface area contributed by atoms with Crippen LogP contribution in [-0.4, -0.2) is 36.4 Å². The normalized spacial score (nSPS) is 14.6. The van der Waals surface area contributed by atoms with Crippen molar-refractivity contribution in [3.63, 3.8) is 0 Å². The van der Waals surface area contributed by atoms with Crippen LogP contribution < -0.4 is 0 Å². The molecule has 0 N–H and O–H groups in total. The molecule has 0 aromatic carbocycles. The van der Waals surface area contributed by atoms with Gasteiger partial charge in [0.2, 0.25) is 0 Å². The maximum absolute atomic E-state index is 10.4. The second kappa shape index (κ2) is 8.04. The monoisotopic (exact) mass is 276 g/mol. The Hall–Kier alpha value is -0.233. The molecular formula is C13H28O4Si. The highest BCUT2D eigenvalue weighted by molar-refractivity contribution is 6.64. The fourth-order valence-corrected chi connectivity index (χ4v) is 5.05. The predicted molar refractivity (Wildman–Crippen MR) is 74.5 cm³/mol. The molecule has 0 aliphatic carbocycles. The molecule has 1 atom stereocenters. The van der Waals surface area contributed by atoms with E-state index >= 15 is 0 Å². The number of hydrogen-bond acceptors (Lipinski definition) is 4. The third kappa shape index (κ3) is 4.46. The summed E-state index contributed by atoms with van der Waals surface area (Å²) in [6.07, 6.45) is 4.70. The first-order chi connectivity index (χ1) is 8.39. The Balaban J connectivity index is 4.40. The fourth-order valence-electron chi connectivity index (χ4n) is 2.41. The fraction of sp³-hybridized carbons (Fsp3) is 0.923. The van der Waals surface area contributed by atoms with Gasteiger partial charge in [0.15, 0.2) is 0 Å². The summed E-state index contributed by atoms with van der Waals surface area (Å²) >= 11 is 0. The van der Waals surface area contributed by atoms with Crippen molar-refractivity contribution in [3.8, 4) is 0 Å². The van der Waals surface area contributed by atoms with Crippen LogP contribution in [0.5, 0.6) is 0 Å². The van der Waals surface area contributed by atoms with Gasteiger partial charge < -0.3 is 18.1 Å². The van der Waals surface area contributed by atoms with Crippen molar-refractivity contribution < 1.29 is 18.1 Å². The minimum Gasteiger partial charge on any atom is -0.377 e. The number of carbonyl (C=O) groups is 1. The molecule has 0 heterocycles. The lowest BCUT2D eigenvalue weighted by Crippen LogP contribution is -2.52. The van der Waals surface area contributed by atoms with Crippen molar-refractivity contribution in [3.05, 3.63) is 0 Å². The van der Waals surface area contributed by atoms with Gasteiger partial charge in [-0.1, -0.05) is 33.6 Å². The average molecular weight is 276 g/mol. The van der Waals surface area contributed by atoms with Crippen LogP contribution in [0.25, 0.3) is 0 Å². The summed E-state index contributed by atoms with van der Waals surface area (Å²) in [5, 5.41) is -0.119. The highest BCUT2D eigenvalue weighted by atomic mass is 28.4. The van der Waals surface area contributed by atoms with Gasteiger partial charge in [-0.05, 0) is 12.3 Å². The molecule has 0 radical (unpaired) electrons. The van der Waals surface area contributed by atoms with E-state index < -0.39 is 8.80 Å². The van der Waals surface area contributed by atoms with Gasteiger partial charge in [-0.15, -0.1) is 0 Å². The van der Waals surface area contributed by atoms with Crippen molar-refractivity contribution in [1.82, 2.24) is 0 Å². The lowest BCUT2D eigenvalue weighted by Gasteiger charge is -2.38. The Morgan fingerprint density at radius 3 is 2.06 bits per heavy atom. The minimum absolute atomic E-state index is 0.119. The molecule has 0 saturated carbocycles. The van der Waals surface area contributed by atoms with Crippen molar-refractivity contribution in [2.45, 2.75) is 51.5 Å². The van der Waals surface area contributed by atoms with Crippen LogP contribution in [0, 0.1) is 5.92 Å². The second-order valence-corrected chi connectivity index (χ2v) is 9.14. The lowest BCUT2D eigenvalue weighted by atomic mass is 9.97. The molecule has 0 saturated heterocycles. The van der Waals surface area contributed by atoms with Crippen LogP contribution in [0.4, 0.5) is 0 Å². The zero-order valence-corrected chi connectivity index (χ0v) is 13.6. The quantitative estimate of drug-likeness (QED) is 0.454. The van der Waals surface area contributed by atoms with Crippen LogP contribution in [0.1, 0.15) is 46.5 Å². The Morgan fingerprint density at radius 1 is 1.17 bits per heavy atom. The smallest absolute Gasteiger partial charge is 0.377 e. The highest BCUT2D eigenvalue weighted by Gasteiger charge is 2.53. The summed E-state index contributed by atoms with van der Waals surface area (Å²) in [5.74, 6) is 0.446. The predicted octanol–water partition coefficient (Wildman–Crippen LogP) is 3.04. The Kier molecular flexibility index (Phi) is 7.94. The third-order valence-electron chi connectivity index (χ3n) is 3.63. The lowest BCUT2D eigenvalue weighted by molar-refractivity contribution is -0.108. The SMILES string of the molecule is CO[Si](OC)(OC)C(C)(C)CCCC(C)CC=O. The number of hydrogen-bond donors (Lipinski definition) is 0. The summed E-state index contributed by atoms with van der Waals surface area (Å²) in [6, 6.07) is 0. The van der Waals surface area contributed by atoms with E-state index in [2.05, 4.69) is 20.8 Å². The van der Waals surface area contributed by atoms with Gasteiger partial charge in [-0.2, -0.15) is 0 Å². The van der Waals surface area contributed by atoms with Crippen LogP contribution >= 0.6 is 0 Å². The first-order valence-corrected chi connectivity index (χ1v) is 8.20. The van der Waals surface area contributed by atoms with E-state index in [1.54, 1.807) is 21.3 Å². The molecule has 0 spiro atoms. The van der Waals surface area contributed by atoms with Gasteiger partial charge >= 0.3 is 8.80 Å². The van der Waals surface area contributed by atoms with Crippen LogP contribution in [0.2, 0.25) is 5.04 Å². The Labute approximate surface area is 112 Å². The number of carbonyl (C=O) groups excluding carboxylic acids is 1. The van der Waals surface area contributed by atoms with E-state index in [0.717, 1.165) is 25.5 Å². The topological polar surface area (TPSA) is 44.8 Å². The summed E-state index contributed by atoms with van der Waals surface area (Å²) in [4.78, 5) is 10.4. The molecule has 1 unspecified atom stereocenters. The second-order valence-electron chi connectivity index (χ2n) is 5.45. The molecule has 0 amide bonds. The van der Waals surface area contributed by atoms with E-state index in [-0.39, 0.29) is 5.04 Å². The molecule has 5 heteroatoms. The van der Waals surface area contributed by atoms with E-state index in [0.29, 0.717) is 12.3 Å². The molecule has 0 bridgehead atoms. The van der Waals surface area contributed by atoms with Crippen molar-refractivity contribution in [1.29, 1.82) is 0 Å². The van der Waals surface area contributed by atoms with E-state index in [9.17, 15) is 4.79 Å². The van der Waals surface area contributed by atoms with Gasteiger partial charge in [0.05, 0.1) is 0 Å². The standard InChI is InChI=1S/C13H28O4Si/c1-12(9-11-14)8-7-10-13(2,3)18(15-4,16-5)17-6/h11-12H,7-10H2,1-6H3. The summed E-state index contributed by atoms with van der Waals surface area (Å²) in [7, 11) is 2.34. The van der Waals surface area contributed by atoms with Gasteiger partial charge in [0.1, 0.15) is 6.29 Å². The molecule has 0 rings (SSSR count). The summed E-state index contributed by atoms with van der Waals surface area (Å²) < 4.78 is 16.6. The average Bonchev–Trinajstić information content (AvgIpc) is 2.31. The highest BCUT2D eigenvalue weighted by Crippen LogP contribution is 2.43. The first-order valence-electron chi connectivity index (χ1n) is 6.48. The molecule has 0 aliphatic rings. The van der Waals surface area contributed by atoms with Crippen LogP contribution in [-0.2, 0) is 18.1 Å². The maximum Gasteiger partial charge on any atom is 0.506 e. The van der Waals surface area contributed by atoms with Crippen molar-refractivity contribution in [2.75, 3.05) is 21.3 Å². The van der Waals surface area contributed by atoms with Gasteiger partial charge in [0.25, 0.3) is 0 Å². The molecule has 108 valence electrons.